The van der Waals surface area contributed by atoms with Crippen LogP contribution < -0.4 is 5.73 Å². The number of nitrogens with two attached hydrogens (primary N) is 1. The number of aromatic nitrogens is 2. The fraction of sp³-hybridized carbons (Fsp3) is 0.105. The molecular weight excluding hydrogens is 286 g/mol. The number of nitrogen functional groups attached to an aromatic ring is 1. The van der Waals surface area contributed by atoms with Gasteiger partial charge in [-0.3, -0.25) is 4.68 Å². The second-order valence-electron chi connectivity index (χ2n) is 5.46. The minimum Gasteiger partial charge on any atom is -0.507 e. The number of phenols is 1. The molecule has 2 aromatic carbocycles. The van der Waals surface area contributed by atoms with E-state index in [9.17, 15) is 5.11 Å². The number of rotatable bonds is 1. The minimum absolute atomic E-state index is 0.199. The number of benzene rings is 2. The van der Waals surface area contributed by atoms with E-state index in [0.29, 0.717) is 16.9 Å². The Morgan fingerprint density at radius 1 is 1.09 bits per heavy atom. The first kappa shape index (κ1) is 14.7. The Morgan fingerprint density at radius 2 is 1.83 bits per heavy atom. The number of anilines is 1. The van der Waals surface area contributed by atoms with Crippen LogP contribution in [0.4, 0.5) is 5.69 Å². The Morgan fingerprint density at radius 3 is 2.57 bits per heavy atom. The number of hydrogen-bond donors (Lipinski definition) is 2. The molecule has 3 N–H and O–H groups in total. The van der Waals surface area contributed by atoms with Gasteiger partial charge in [-0.05, 0) is 43.3 Å². The van der Waals surface area contributed by atoms with Crippen molar-refractivity contribution in [3.8, 4) is 28.8 Å². The zero-order valence-electron chi connectivity index (χ0n) is 13.0. The molecule has 1 aromatic heterocycles. The third kappa shape index (κ3) is 3.19. The highest BCUT2D eigenvalue weighted by atomic mass is 16.3. The largest absolute Gasteiger partial charge is 0.507 e. The van der Waals surface area contributed by atoms with Gasteiger partial charge in [0.1, 0.15) is 11.4 Å². The van der Waals surface area contributed by atoms with Crippen LogP contribution >= 0.6 is 0 Å². The van der Waals surface area contributed by atoms with E-state index in [4.69, 9.17) is 5.73 Å². The quantitative estimate of drug-likeness (QED) is 0.536. The second-order valence-corrected chi connectivity index (χ2v) is 5.46. The lowest BCUT2D eigenvalue weighted by atomic mass is 10.0. The van der Waals surface area contributed by atoms with Crippen molar-refractivity contribution in [2.45, 2.75) is 6.92 Å². The van der Waals surface area contributed by atoms with Gasteiger partial charge in [0.15, 0.2) is 0 Å². The Bertz CT molecular complexity index is 912. The molecule has 0 saturated carbocycles. The summed E-state index contributed by atoms with van der Waals surface area (Å²) < 4.78 is 1.70. The normalized spacial score (nSPS) is 10.2. The van der Waals surface area contributed by atoms with Gasteiger partial charge >= 0.3 is 0 Å². The molecule has 0 aliphatic heterocycles. The highest BCUT2D eigenvalue weighted by molar-refractivity contribution is 5.73. The predicted molar refractivity (Wildman–Crippen MR) is 91.9 cm³/mol. The average Bonchev–Trinajstić information content (AvgIpc) is 2.90. The van der Waals surface area contributed by atoms with Crippen LogP contribution in [0.25, 0.3) is 11.3 Å². The van der Waals surface area contributed by atoms with Gasteiger partial charge in [-0.15, -0.1) is 0 Å². The molecule has 0 amide bonds. The fourth-order valence-corrected chi connectivity index (χ4v) is 2.32. The van der Waals surface area contributed by atoms with Crippen molar-refractivity contribution >= 4 is 5.69 Å². The average molecular weight is 303 g/mol. The first-order valence-corrected chi connectivity index (χ1v) is 7.24. The summed E-state index contributed by atoms with van der Waals surface area (Å²) in [7, 11) is 1.84. The van der Waals surface area contributed by atoms with Gasteiger partial charge in [0.05, 0.1) is 5.56 Å². The number of aryl methyl sites for hydroxylation is 2. The van der Waals surface area contributed by atoms with E-state index < -0.39 is 0 Å². The summed E-state index contributed by atoms with van der Waals surface area (Å²) >= 11 is 0. The van der Waals surface area contributed by atoms with E-state index in [-0.39, 0.29) is 5.75 Å². The highest BCUT2D eigenvalue weighted by Gasteiger charge is 2.12. The zero-order valence-corrected chi connectivity index (χ0v) is 13.0. The lowest BCUT2D eigenvalue weighted by Crippen LogP contribution is -1.89. The molecule has 4 nitrogen and oxygen atoms in total. The van der Waals surface area contributed by atoms with Crippen LogP contribution in [-0.4, -0.2) is 14.9 Å². The van der Waals surface area contributed by atoms with Crippen molar-refractivity contribution < 1.29 is 5.11 Å². The first-order valence-electron chi connectivity index (χ1n) is 7.24. The molecule has 3 rings (SSSR count). The van der Waals surface area contributed by atoms with Crippen LogP contribution in [-0.2, 0) is 7.05 Å². The molecule has 0 unspecified atom stereocenters. The molecule has 0 aliphatic carbocycles. The van der Waals surface area contributed by atoms with E-state index in [0.717, 1.165) is 16.7 Å². The topological polar surface area (TPSA) is 64.1 Å². The molecule has 4 heteroatoms. The van der Waals surface area contributed by atoms with Crippen LogP contribution in [0.3, 0.4) is 0 Å². The van der Waals surface area contributed by atoms with E-state index in [1.807, 2.05) is 56.6 Å². The Hall–Kier alpha value is -3.19. The maximum absolute atomic E-state index is 10.1. The summed E-state index contributed by atoms with van der Waals surface area (Å²) in [6.45, 7) is 1.98. The summed E-state index contributed by atoms with van der Waals surface area (Å²) in [5.41, 5.74) is 10.5. The number of phenolic OH excluding ortho intramolecular Hbond substituents is 1. The third-order valence-corrected chi connectivity index (χ3v) is 3.49. The first-order chi connectivity index (χ1) is 11.0. The van der Waals surface area contributed by atoms with Crippen LogP contribution in [0.1, 0.15) is 16.7 Å². The molecule has 114 valence electrons. The molecule has 0 radical (unpaired) electrons. The summed E-state index contributed by atoms with van der Waals surface area (Å²) in [6.07, 6.45) is 1.85. The van der Waals surface area contributed by atoms with E-state index in [2.05, 4.69) is 16.9 Å². The molecule has 1 heterocycles. The van der Waals surface area contributed by atoms with Crippen molar-refractivity contribution in [1.29, 1.82) is 0 Å². The van der Waals surface area contributed by atoms with E-state index >= 15 is 0 Å². The minimum atomic E-state index is 0.199. The van der Waals surface area contributed by atoms with Gasteiger partial charge < -0.3 is 10.8 Å². The summed E-state index contributed by atoms with van der Waals surface area (Å²) in [6, 6.07) is 12.8. The number of nitrogens with zero attached hydrogens (tertiary/aromatic N) is 2. The van der Waals surface area contributed by atoms with Crippen LogP contribution in [0.5, 0.6) is 5.75 Å². The molecule has 0 fully saturated rings. The predicted octanol–water partition coefficient (Wildman–Crippen LogP) is 3.08. The monoisotopic (exact) mass is 303 g/mol. The van der Waals surface area contributed by atoms with E-state index in [1.165, 1.54) is 0 Å². The maximum atomic E-state index is 10.1. The lowest BCUT2D eigenvalue weighted by molar-refractivity contribution is 0.477. The van der Waals surface area contributed by atoms with Crippen LogP contribution in [0, 0.1) is 18.8 Å². The van der Waals surface area contributed by atoms with Crippen molar-refractivity contribution in [3.63, 3.8) is 0 Å². The van der Waals surface area contributed by atoms with Gasteiger partial charge in [-0.25, -0.2) is 0 Å². The van der Waals surface area contributed by atoms with Gasteiger partial charge in [0.25, 0.3) is 0 Å². The van der Waals surface area contributed by atoms with Crippen molar-refractivity contribution in [2.24, 2.45) is 7.05 Å². The smallest absolute Gasteiger partial charge is 0.125 e. The molecule has 0 saturated heterocycles. The molecular formula is C19H17N3O. The van der Waals surface area contributed by atoms with Gasteiger partial charge in [0, 0.05) is 30.1 Å². The standard InChI is InChI=1S/C19H17N3O/c1-13-3-10-18(23)17(11-13)19-15(12-22(2)21-19)7-4-14-5-8-16(20)9-6-14/h3,5-6,8-12,23H,20H2,1-2H3. The fourth-order valence-electron chi connectivity index (χ4n) is 2.32. The van der Waals surface area contributed by atoms with Crippen molar-refractivity contribution in [2.75, 3.05) is 5.73 Å². The van der Waals surface area contributed by atoms with E-state index in [1.54, 1.807) is 10.7 Å². The van der Waals surface area contributed by atoms with Gasteiger partial charge in [0.2, 0.25) is 0 Å². The van der Waals surface area contributed by atoms with Crippen molar-refractivity contribution in [1.82, 2.24) is 9.78 Å². The summed E-state index contributed by atoms with van der Waals surface area (Å²) in [5.74, 6) is 6.43. The second kappa shape index (κ2) is 5.90. The van der Waals surface area contributed by atoms with Gasteiger partial charge in [-0.2, -0.15) is 5.10 Å². The van der Waals surface area contributed by atoms with Crippen LogP contribution in [0.2, 0.25) is 0 Å². The molecule has 0 spiro atoms. The summed E-state index contributed by atoms with van der Waals surface area (Å²) in [4.78, 5) is 0. The Kier molecular flexibility index (Phi) is 3.78. The Labute approximate surface area is 135 Å². The lowest BCUT2D eigenvalue weighted by Gasteiger charge is -2.03. The number of hydrogen-bond acceptors (Lipinski definition) is 3. The number of aromatic hydroxyl groups is 1. The summed E-state index contributed by atoms with van der Waals surface area (Å²) in [5, 5.41) is 14.6. The molecule has 0 aliphatic rings. The van der Waals surface area contributed by atoms with Crippen LogP contribution in [0.15, 0.2) is 48.7 Å². The maximum Gasteiger partial charge on any atom is 0.125 e. The zero-order chi connectivity index (χ0) is 16.4. The highest BCUT2D eigenvalue weighted by Crippen LogP contribution is 2.30. The van der Waals surface area contributed by atoms with Gasteiger partial charge in [-0.1, -0.05) is 23.5 Å². The Balaban J connectivity index is 2.05. The molecule has 3 aromatic rings. The SMILES string of the molecule is Cc1ccc(O)c(-c2nn(C)cc2C#Cc2ccc(N)cc2)c1. The molecule has 0 atom stereocenters. The molecule has 0 bridgehead atoms. The van der Waals surface area contributed by atoms with Crippen molar-refractivity contribution in [3.05, 3.63) is 65.4 Å². The third-order valence-electron chi connectivity index (χ3n) is 3.49. The molecule has 23 heavy (non-hydrogen) atoms.